The molecule has 1 unspecified atom stereocenters. The van der Waals surface area contributed by atoms with E-state index < -0.39 is 39.3 Å². The van der Waals surface area contributed by atoms with E-state index >= 15 is 0 Å². The second-order valence-electron chi connectivity index (χ2n) is 25.8. The number of nitrogens with one attached hydrogen (secondary N) is 7. The van der Waals surface area contributed by atoms with Gasteiger partial charge in [0.25, 0.3) is 17.8 Å². The Morgan fingerprint density at radius 1 is 0.412 bits per heavy atom. The van der Waals surface area contributed by atoms with Gasteiger partial charge in [0.2, 0.25) is 0 Å². The Morgan fingerprint density at radius 3 is 0.824 bits per heavy atom. The number of rotatable bonds is 39. The number of fused-ring (bicyclic) bond motifs is 1. The van der Waals surface area contributed by atoms with E-state index in [1.807, 2.05) is 36.4 Å². The van der Waals surface area contributed by atoms with Gasteiger partial charge in [-0.1, -0.05) is 332 Å². The Morgan fingerprint density at radius 2 is 0.618 bits per heavy atom. The van der Waals surface area contributed by atoms with Crippen LogP contribution < -0.4 is 54.4 Å². The summed E-state index contributed by atoms with van der Waals surface area (Å²) < 4.78 is 45.5. The predicted octanol–water partition coefficient (Wildman–Crippen LogP) is 12.8. The zero-order valence-corrected chi connectivity index (χ0v) is 84.8. The smallest absolute Gasteiger partial charge is 0.300 e. The molecular weight excluding hydrogens is 2010 g/mol. The molecule has 34 heteroatoms. The molecule has 131 heavy (non-hydrogen) atoms. The maximum Gasteiger partial charge on any atom is 0.300 e. The first-order valence-corrected chi connectivity index (χ1v) is 41.4. The van der Waals surface area contributed by atoms with E-state index in [0.717, 1.165) is 58.6 Å². The van der Waals surface area contributed by atoms with Crippen LogP contribution in [0.15, 0.2) is 297 Å². The number of hydrogen-bond donors (Lipinski definition) is 11. The van der Waals surface area contributed by atoms with Crippen molar-refractivity contribution in [2.75, 3.05) is 113 Å². The van der Waals surface area contributed by atoms with E-state index in [0.29, 0.717) is 37.7 Å². The fourth-order valence-corrected chi connectivity index (χ4v) is 12.3. The van der Waals surface area contributed by atoms with Crippen molar-refractivity contribution in [1.82, 2.24) is 42.1 Å². The van der Waals surface area contributed by atoms with Crippen LogP contribution in [-0.4, -0.2) is 169 Å². The van der Waals surface area contributed by atoms with Gasteiger partial charge in [0.15, 0.2) is 6.79 Å². The van der Waals surface area contributed by atoms with E-state index in [2.05, 4.69) is 370 Å². The van der Waals surface area contributed by atoms with Gasteiger partial charge < -0.3 is 133 Å². The van der Waals surface area contributed by atoms with E-state index in [4.69, 9.17) is 64.1 Å². The molecule has 701 valence electrons. The Labute approximate surface area is 866 Å². The van der Waals surface area contributed by atoms with Crippen LogP contribution >= 0.6 is 39.1 Å². The van der Waals surface area contributed by atoms with Crippen LogP contribution in [0.4, 0.5) is 0 Å². The fraction of sp³-hybridized carbons (Fsp3) is 0.247. The minimum Gasteiger partial charge on any atom is -0.481 e. The number of alkyl halides is 1. The van der Waals surface area contributed by atoms with Crippen LogP contribution in [-0.2, 0) is 181 Å². The third-order valence-electron chi connectivity index (χ3n) is 17.2. The third-order valence-corrected chi connectivity index (χ3v) is 17.7. The molecule has 28 nitrogen and oxygen atoms in total. The topological polar surface area (TPSA) is 392 Å². The third kappa shape index (κ3) is 48.8. The number of carboxylic acids is 1. The molecule has 0 saturated carbocycles. The summed E-state index contributed by atoms with van der Waals surface area (Å²) in [5.41, 5.74) is 24.4. The number of nitrogens with zero attached hydrogens (tertiary/aromatic N) is 1. The second-order valence-corrected chi connectivity index (χ2v) is 27.5. The number of aliphatic carboxylic acids is 1. The zero-order valence-electron chi connectivity index (χ0n) is 73.2. The summed E-state index contributed by atoms with van der Waals surface area (Å²) in [4.78, 5) is 72.5. The van der Waals surface area contributed by atoms with Gasteiger partial charge in [-0.05, 0) is 82.2 Å². The Balaban J connectivity index is 0. The van der Waals surface area contributed by atoms with Crippen LogP contribution in [0.3, 0.4) is 0 Å². The molecule has 10 aromatic rings. The molecule has 2 aliphatic rings. The van der Waals surface area contributed by atoms with Gasteiger partial charge in [-0.25, -0.2) is 0 Å². The predicted molar refractivity (Wildman–Crippen MR) is 504 cm³/mol. The number of ether oxygens (including phenoxy) is 9. The molecule has 12 rings (SSSR count). The first-order valence-electron chi connectivity index (χ1n) is 39.5. The monoisotopic (exact) mass is 2130 g/mol. The van der Waals surface area contributed by atoms with Crippen molar-refractivity contribution in [1.29, 1.82) is 0 Å². The molecule has 1 saturated heterocycles. The molecule has 0 spiro atoms. The summed E-state index contributed by atoms with van der Waals surface area (Å²) in [7, 11) is 8.19. The number of carboxylic acid groups (broad SMARTS) is 1. The average molecular weight is 2130 g/mol. The normalized spacial score (nSPS) is 11.5. The number of imide groups is 1. The Hall–Kier alpha value is -7.74. The van der Waals surface area contributed by atoms with E-state index in [1.165, 1.54) is 28.6 Å². The molecule has 0 bridgehead atoms. The summed E-state index contributed by atoms with van der Waals surface area (Å²) in [6.45, 7) is 17.0. The summed E-state index contributed by atoms with van der Waals surface area (Å²) >= 11 is 12.6. The van der Waals surface area contributed by atoms with Gasteiger partial charge in [-0.3, -0.25) is 49.3 Å². The van der Waals surface area contributed by atoms with Crippen LogP contribution in [0, 0.1) is 41.8 Å². The van der Waals surface area contributed by atoms with Crippen LogP contribution in [0.25, 0.3) is 0 Å². The molecule has 0 aliphatic carbocycles. The summed E-state index contributed by atoms with van der Waals surface area (Å²) in [6.07, 6.45) is 1.13. The fourth-order valence-electron chi connectivity index (χ4n) is 12.0. The van der Waals surface area contributed by atoms with Gasteiger partial charge in [-0.2, -0.15) is 0 Å². The zero-order chi connectivity index (χ0) is 93.0. The molecule has 2 aliphatic heterocycles. The minimum atomic E-state index is -0.833. The number of nitrogens with two attached hydrogens (primary N) is 3. The quantitative estimate of drug-likeness (QED) is 0.00249. The molecule has 3 radical (unpaired) electrons. The van der Waals surface area contributed by atoms with E-state index in [1.54, 1.807) is 24.3 Å². The van der Waals surface area contributed by atoms with Gasteiger partial charge in [-0.15, -0.1) is 0 Å². The van der Waals surface area contributed by atoms with Gasteiger partial charge in [0, 0.05) is 110 Å². The molecule has 0 aromatic heterocycles. The van der Waals surface area contributed by atoms with Crippen molar-refractivity contribution in [3.63, 3.8) is 0 Å². The van der Waals surface area contributed by atoms with Crippen LogP contribution in [0.1, 0.15) is 91.6 Å². The average Bonchev–Trinajstić information content (AvgIpc) is 1.69. The van der Waals surface area contributed by atoms with Crippen molar-refractivity contribution >= 4 is 79.2 Å². The number of benzene rings is 10. The second kappa shape index (κ2) is 77.5. The Bertz CT molecular complexity index is 4070. The number of carbonyl (C=O) groups is 7. The molecular formula is C97H120BrCl2N11O17Y3-6. The van der Waals surface area contributed by atoms with Crippen molar-refractivity contribution in [3.8, 4) is 0 Å². The largest absolute Gasteiger partial charge is 0.481 e. The van der Waals surface area contributed by atoms with Crippen molar-refractivity contribution in [3.05, 3.63) is 400 Å². The SMILES string of the molecule is BrCCCNC(c1ccccc1)(c1ccccc1)c1ccccc1.C.CC(=O)O.CN.NCOCOCN.O=C1c2ccccc2C(=O)N1CC1CO1.[CH2-]C(=O)Cl.[CH2-]C(=O)Cl.[CH2-]C(=O)NCOCOCNC([CH2-])=O.[CH2-]NCOCOCN[CH2-].[Y].[Y].[Y].c1ccc(C(NCOCOCNC(c2ccccc2)(c2ccccc2)c2ccccc2)(c2ccccc2)c2ccccc2)cc1. The molecule has 2 heterocycles. The first kappa shape index (κ1) is 125. The van der Waals surface area contributed by atoms with Crippen molar-refractivity contribution in [2.24, 2.45) is 17.2 Å². The summed E-state index contributed by atoms with van der Waals surface area (Å²) in [6, 6.07) is 102. The maximum atomic E-state index is 11.8. The van der Waals surface area contributed by atoms with Crippen LogP contribution in [0.2, 0.25) is 0 Å². The molecule has 1 fully saturated rings. The first-order chi connectivity index (χ1) is 61.6. The standard InChI is InChI=1S/C41H38N2O2.C22H22BrN.C11H9NO3.C7H12N2O4.C5H12N2O2.C3H10N2O2.2C2H2ClO.C2H4O2.CH5N.CH4.3Y/c1-7-19-34(20-8-1)40(35-21-9-2-10-22-35,36-23-11-3-12-24-36)42-31-44-33-45-32-43-41(37-25-13-4-14-26-37,38-27-15-5-16-28-38)39-29-17-6-18-30-39;23-17-10-18-24-22(19-11-4-1-5-12-19,20-13-6-2-7-14-20)21-15-8-3-9-16-21;13-10-8-3-1-2-4-9(8)11(14)12(10)5-7-6-15-7;1-6(10)8-3-12-5-13-4-9-7(2)11;1-6-3-8-5-9-4-7-2;4-1-6-3-7-2-5;3*1-2(3)4;1-2;;;;/h1-30,42-43H,31-33H2;1-9,11-16,24H,10,17-18H2;1-4,7H,5-6H2;1-5H2,(H,8,10)(H,9,11);6-7H,1-5H2;1-5H2;2*1H2;1H3,(H,3,4);2H2,1H3;1H4;;;/q;;;2*-2;;2*-1;;;;;;. The number of hydrogen-bond acceptors (Lipinski definition) is 24. The minimum absolute atomic E-state index is 0. The molecule has 14 N–H and O–H groups in total. The molecule has 4 amide bonds. The number of carbonyl (C=O) groups excluding carboxylic acids is 6. The van der Waals surface area contributed by atoms with Gasteiger partial charge in [0.1, 0.15) is 47.3 Å². The number of epoxide rings is 1. The van der Waals surface area contributed by atoms with Crippen molar-refractivity contribution in [2.45, 2.75) is 43.5 Å². The van der Waals surface area contributed by atoms with E-state index in [9.17, 15) is 19.2 Å². The number of halogens is 3. The van der Waals surface area contributed by atoms with Crippen molar-refractivity contribution < 1.29 is 179 Å². The maximum absolute atomic E-state index is 11.8. The van der Waals surface area contributed by atoms with Crippen LogP contribution in [0.5, 0.6) is 0 Å². The number of amides is 4. The molecule has 10 aromatic carbocycles. The summed E-state index contributed by atoms with van der Waals surface area (Å²) in [5.74, 6) is -2.09. The Kier molecular flexibility index (Phi) is 74.2. The van der Waals surface area contributed by atoms with Gasteiger partial charge >= 0.3 is 0 Å². The van der Waals surface area contributed by atoms with E-state index in [-0.39, 0.29) is 197 Å². The van der Waals surface area contributed by atoms with Gasteiger partial charge in [0.05, 0.1) is 96.2 Å². The summed E-state index contributed by atoms with van der Waals surface area (Å²) in [5, 5.41) is 28.2. The molecule has 1 atom stereocenters.